The van der Waals surface area contributed by atoms with Gasteiger partial charge in [0.15, 0.2) is 0 Å². The molecule has 0 saturated heterocycles. The molecule has 0 atom stereocenters. The molecule has 0 aromatic rings. The molecule has 3 heteroatoms. The van der Waals surface area contributed by atoms with Crippen LogP contribution in [0, 0.1) is 5.92 Å². The Balaban J connectivity index is 2.21. The lowest BCUT2D eigenvalue weighted by molar-refractivity contribution is -0.122. The van der Waals surface area contributed by atoms with E-state index in [-0.39, 0.29) is 9.45 Å². The predicted octanol–water partition coefficient (Wildman–Crippen LogP) is 2.07. The Labute approximate surface area is 81.3 Å². The topological polar surface area (TPSA) is 29.1 Å². The molecule has 1 aliphatic carbocycles. The van der Waals surface area contributed by atoms with Gasteiger partial charge in [-0.2, -0.15) is 0 Å². The number of hydrogen-bond acceptors (Lipinski definition) is 1. The van der Waals surface area contributed by atoms with E-state index >= 15 is 0 Å². The van der Waals surface area contributed by atoms with Gasteiger partial charge in [0.2, 0.25) is 5.91 Å². The maximum Gasteiger partial charge on any atom is 0.221 e. The molecule has 1 saturated carbocycles. The zero-order valence-corrected chi connectivity index (χ0v) is 9.14. The van der Waals surface area contributed by atoms with E-state index in [1.807, 2.05) is 0 Å². The van der Waals surface area contributed by atoms with Crippen LogP contribution < -0.4 is 5.32 Å². The summed E-state index contributed by atoms with van der Waals surface area (Å²) in [5, 5.41) is 3.01. The molecule has 1 rings (SSSR count). The Kier molecular flexibility index (Phi) is 2.78. The van der Waals surface area contributed by atoms with Crippen LogP contribution in [0.2, 0.25) is 0 Å². The fraction of sp³-hybridized carbons (Fsp3) is 0.875. The number of alkyl halides is 1. The smallest absolute Gasteiger partial charge is 0.221 e. The summed E-state index contributed by atoms with van der Waals surface area (Å²) in [5.41, 5.74) is 0. The molecule has 1 N–H and O–H groups in total. The quantitative estimate of drug-likeness (QED) is 0.473. The molecule has 0 aromatic heterocycles. The van der Waals surface area contributed by atoms with Gasteiger partial charge in [-0.05, 0) is 18.8 Å². The van der Waals surface area contributed by atoms with Gasteiger partial charge in [0.1, 0.15) is 0 Å². The van der Waals surface area contributed by atoms with E-state index in [0.29, 0.717) is 12.3 Å². The average Bonchev–Trinajstić information content (AvgIpc) is 2.44. The standard InChI is InChI=1S/C8H14INO/c1-6(2)5-7(11)10-8(9)3-4-8/h6H,3-5H2,1-2H3,(H,10,11). The summed E-state index contributed by atoms with van der Waals surface area (Å²) in [7, 11) is 0. The van der Waals surface area contributed by atoms with Crippen molar-refractivity contribution >= 4 is 28.5 Å². The first-order chi connectivity index (χ1) is 5.02. The van der Waals surface area contributed by atoms with Crippen LogP contribution in [-0.4, -0.2) is 9.45 Å². The summed E-state index contributed by atoms with van der Waals surface area (Å²) in [6.45, 7) is 4.12. The fourth-order valence-corrected chi connectivity index (χ4v) is 1.48. The highest BCUT2D eigenvalue weighted by atomic mass is 127. The molecule has 0 aliphatic heterocycles. The Hall–Kier alpha value is 0.200. The molecule has 1 amide bonds. The third kappa shape index (κ3) is 3.40. The van der Waals surface area contributed by atoms with E-state index in [1.54, 1.807) is 0 Å². The third-order valence-corrected chi connectivity index (χ3v) is 2.99. The highest BCUT2D eigenvalue weighted by molar-refractivity contribution is 14.1. The van der Waals surface area contributed by atoms with Crippen LogP contribution in [0.25, 0.3) is 0 Å². The van der Waals surface area contributed by atoms with Crippen molar-refractivity contribution in [3.05, 3.63) is 0 Å². The van der Waals surface area contributed by atoms with Gasteiger partial charge in [0, 0.05) is 6.42 Å². The number of carbonyl (C=O) groups is 1. The number of halogens is 1. The number of rotatable bonds is 3. The van der Waals surface area contributed by atoms with E-state index in [0.717, 1.165) is 12.8 Å². The first-order valence-corrected chi connectivity index (χ1v) is 5.10. The minimum Gasteiger partial charge on any atom is -0.342 e. The molecule has 0 aromatic carbocycles. The van der Waals surface area contributed by atoms with Gasteiger partial charge in [-0.25, -0.2) is 0 Å². The maximum absolute atomic E-state index is 11.2. The van der Waals surface area contributed by atoms with E-state index in [9.17, 15) is 4.79 Å². The van der Waals surface area contributed by atoms with Crippen molar-refractivity contribution in [1.82, 2.24) is 5.32 Å². The fourth-order valence-electron chi connectivity index (χ4n) is 0.906. The van der Waals surface area contributed by atoms with Crippen molar-refractivity contribution in [2.75, 3.05) is 0 Å². The lowest BCUT2D eigenvalue weighted by Crippen LogP contribution is -2.32. The third-order valence-electron chi connectivity index (χ3n) is 1.65. The molecule has 2 nitrogen and oxygen atoms in total. The zero-order chi connectivity index (χ0) is 8.48. The summed E-state index contributed by atoms with van der Waals surface area (Å²) >= 11 is 2.32. The van der Waals surface area contributed by atoms with Crippen molar-refractivity contribution in [2.45, 2.75) is 36.7 Å². The van der Waals surface area contributed by atoms with E-state index in [4.69, 9.17) is 0 Å². The largest absolute Gasteiger partial charge is 0.342 e. The van der Waals surface area contributed by atoms with Gasteiger partial charge in [-0.3, -0.25) is 4.79 Å². The van der Waals surface area contributed by atoms with E-state index in [2.05, 4.69) is 41.8 Å². The Morgan fingerprint density at radius 3 is 2.55 bits per heavy atom. The molecular formula is C8H14INO. The average molecular weight is 267 g/mol. The molecule has 0 heterocycles. The molecule has 0 spiro atoms. The zero-order valence-electron chi connectivity index (χ0n) is 6.98. The highest BCUT2D eigenvalue weighted by Gasteiger charge is 2.40. The molecule has 0 bridgehead atoms. The van der Waals surface area contributed by atoms with E-state index < -0.39 is 0 Å². The van der Waals surface area contributed by atoms with Gasteiger partial charge in [-0.1, -0.05) is 36.4 Å². The molecule has 0 radical (unpaired) electrons. The molecule has 0 unspecified atom stereocenters. The van der Waals surface area contributed by atoms with Gasteiger partial charge in [0.25, 0.3) is 0 Å². The second-order valence-electron chi connectivity index (χ2n) is 3.61. The monoisotopic (exact) mass is 267 g/mol. The van der Waals surface area contributed by atoms with Crippen molar-refractivity contribution in [2.24, 2.45) is 5.92 Å². The van der Waals surface area contributed by atoms with Gasteiger partial charge in [0.05, 0.1) is 3.55 Å². The molecule has 64 valence electrons. The number of nitrogens with one attached hydrogen (secondary N) is 1. The van der Waals surface area contributed by atoms with Crippen molar-refractivity contribution < 1.29 is 4.79 Å². The van der Waals surface area contributed by atoms with Crippen molar-refractivity contribution in [3.63, 3.8) is 0 Å². The van der Waals surface area contributed by atoms with Crippen LogP contribution in [0.15, 0.2) is 0 Å². The summed E-state index contributed by atoms with van der Waals surface area (Å²) in [4.78, 5) is 11.2. The van der Waals surface area contributed by atoms with Crippen LogP contribution >= 0.6 is 22.6 Å². The molecular weight excluding hydrogens is 253 g/mol. The summed E-state index contributed by atoms with van der Waals surface area (Å²) in [6, 6.07) is 0. The SMILES string of the molecule is CC(C)CC(=O)NC1(I)CC1. The number of hydrogen-bond donors (Lipinski definition) is 1. The van der Waals surface area contributed by atoms with Crippen molar-refractivity contribution in [1.29, 1.82) is 0 Å². The first-order valence-electron chi connectivity index (χ1n) is 4.02. The number of amides is 1. The molecule has 1 aliphatic rings. The van der Waals surface area contributed by atoms with Crippen LogP contribution in [0.4, 0.5) is 0 Å². The van der Waals surface area contributed by atoms with Gasteiger partial charge < -0.3 is 5.32 Å². The van der Waals surface area contributed by atoms with Gasteiger partial charge in [-0.15, -0.1) is 0 Å². The van der Waals surface area contributed by atoms with Crippen LogP contribution in [0.1, 0.15) is 33.1 Å². The van der Waals surface area contributed by atoms with Crippen LogP contribution in [-0.2, 0) is 4.79 Å². The second-order valence-corrected chi connectivity index (χ2v) is 5.68. The van der Waals surface area contributed by atoms with Crippen LogP contribution in [0.3, 0.4) is 0 Å². The van der Waals surface area contributed by atoms with Crippen molar-refractivity contribution in [3.8, 4) is 0 Å². The normalized spacial score (nSPS) is 20.0. The Bertz CT molecular complexity index is 163. The summed E-state index contributed by atoms with van der Waals surface area (Å²) < 4.78 is 0.129. The lowest BCUT2D eigenvalue weighted by Gasteiger charge is -2.10. The second kappa shape index (κ2) is 3.29. The maximum atomic E-state index is 11.2. The van der Waals surface area contributed by atoms with Gasteiger partial charge >= 0.3 is 0 Å². The molecule has 11 heavy (non-hydrogen) atoms. The Morgan fingerprint density at radius 1 is 1.64 bits per heavy atom. The number of carbonyl (C=O) groups excluding carboxylic acids is 1. The molecule has 1 fully saturated rings. The van der Waals surface area contributed by atoms with Crippen LogP contribution in [0.5, 0.6) is 0 Å². The van der Waals surface area contributed by atoms with E-state index in [1.165, 1.54) is 0 Å². The Morgan fingerprint density at radius 2 is 2.18 bits per heavy atom. The first kappa shape index (κ1) is 9.29. The minimum atomic E-state index is 0.129. The minimum absolute atomic E-state index is 0.129. The highest BCUT2D eigenvalue weighted by Crippen LogP contribution is 2.42. The predicted molar refractivity (Wildman–Crippen MR) is 53.6 cm³/mol. The summed E-state index contributed by atoms with van der Waals surface area (Å²) in [6.07, 6.45) is 2.93. The summed E-state index contributed by atoms with van der Waals surface area (Å²) in [5.74, 6) is 0.667. The lowest BCUT2D eigenvalue weighted by atomic mass is 10.1.